The second-order valence-corrected chi connectivity index (χ2v) is 9.54. The number of aliphatic hydroxyl groups excluding tert-OH is 1. The van der Waals surface area contributed by atoms with E-state index >= 15 is 0 Å². The fraction of sp³-hybridized carbons (Fsp3) is 0.258. The maximum Gasteiger partial charge on any atom is 0.330 e. The fourth-order valence-electron chi connectivity index (χ4n) is 5.13. The normalized spacial score (nSPS) is 18.5. The molecule has 1 aliphatic heterocycles. The van der Waals surface area contributed by atoms with Crippen LogP contribution < -0.4 is 20.7 Å². The molecule has 10 nitrogen and oxygen atoms in total. The number of hydrogen-bond acceptors (Lipinski definition) is 8. The second kappa shape index (κ2) is 11.8. The summed E-state index contributed by atoms with van der Waals surface area (Å²) in [5.74, 6) is 1.36. The Morgan fingerprint density at radius 3 is 2.05 bits per heavy atom. The van der Waals surface area contributed by atoms with Gasteiger partial charge in [-0.15, -0.1) is 0 Å². The molecule has 41 heavy (non-hydrogen) atoms. The van der Waals surface area contributed by atoms with Gasteiger partial charge in [-0.3, -0.25) is 4.79 Å². The van der Waals surface area contributed by atoms with Gasteiger partial charge in [0.15, 0.2) is 0 Å². The van der Waals surface area contributed by atoms with Gasteiger partial charge in [0.05, 0.1) is 26.9 Å². The average Bonchev–Trinajstić information content (AvgIpc) is 3.38. The molecule has 0 unspecified atom stereocenters. The van der Waals surface area contributed by atoms with E-state index in [1.165, 1.54) is 0 Å². The molecule has 210 valence electrons. The number of hydrogen-bond donors (Lipinski definition) is 2. The maximum absolute atomic E-state index is 12.7. The zero-order valence-corrected chi connectivity index (χ0v) is 22.5. The SMILES string of the molecule is COc1ccc(C(OC[C@H]2O[C@@H](n3c(=O)[nH]cc(C#N)c3=O)C[C@@H]2O)(c2ccccc2)c2ccc(OC)cc2)cc1. The van der Waals surface area contributed by atoms with E-state index in [2.05, 4.69) is 4.98 Å². The van der Waals surface area contributed by atoms with Crippen LogP contribution in [0.4, 0.5) is 0 Å². The number of aromatic amines is 1. The number of benzene rings is 3. The van der Waals surface area contributed by atoms with Crippen molar-refractivity contribution in [3.8, 4) is 17.6 Å². The Balaban J connectivity index is 1.55. The molecular formula is C31H29N3O7. The standard InChI is InChI=1S/C31H29N3O7/c1-38-24-12-8-22(9-13-24)31(21-6-4-3-5-7-21,23-10-14-25(39-2)15-11-23)40-19-27-26(35)16-28(41-27)34-29(36)20(17-32)18-33-30(34)37/h3-15,18,26-28,35H,16,19H2,1-2H3,(H,33,37)/t26-,27+,28+/m0/s1. The van der Waals surface area contributed by atoms with Crippen molar-refractivity contribution in [2.75, 3.05) is 20.8 Å². The number of methoxy groups -OCH3 is 2. The summed E-state index contributed by atoms with van der Waals surface area (Å²) >= 11 is 0. The predicted molar refractivity (Wildman–Crippen MR) is 149 cm³/mol. The first kappa shape index (κ1) is 27.9. The van der Waals surface area contributed by atoms with Gasteiger partial charge in [0.2, 0.25) is 0 Å². The van der Waals surface area contributed by atoms with Crippen LogP contribution >= 0.6 is 0 Å². The van der Waals surface area contributed by atoms with Crippen LogP contribution in [0.5, 0.6) is 11.5 Å². The van der Waals surface area contributed by atoms with E-state index in [1.54, 1.807) is 20.3 Å². The number of H-pyrrole nitrogens is 1. The van der Waals surface area contributed by atoms with Crippen LogP contribution in [0.2, 0.25) is 0 Å². The van der Waals surface area contributed by atoms with Crippen molar-refractivity contribution in [1.29, 1.82) is 5.26 Å². The highest BCUT2D eigenvalue weighted by atomic mass is 16.6. The lowest BCUT2D eigenvalue weighted by Crippen LogP contribution is -2.40. The first-order valence-corrected chi connectivity index (χ1v) is 13.0. The zero-order chi connectivity index (χ0) is 29.0. The van der Waals surface area contributed by atoms with Crippen molar-refractivity contribution in [1.82, 2.24) is 9.55 Å². The Kier molecular flexibility index (Phi) is 8.03. The van der Waals surface area contributed by atoms with E-state index < -0.39 is 35.3 Å². The van der Waals surface area contributed by atoms with Gasteiger partial charge in [0.1, 0.15) is 41.1 Å². The maximum atomic E-state index is 12.7. The van der Waals surface area contributed by atoms with Crippen LogP contribution in [-0.2, 0) is 15.1 Å². The van der Waals surface area contributed by atoms with Gasteiger partial charge in [-0.25, -0.2) is 9.36 Å². The molecule has 0 spiro atoms. The molecule has 0 amide bonds. The summed E-state index contributed by atoms with van der Waals surface area (Å²) in [5, 5.41) is 20.2. The van der Waals surface area contributed by atoms with E-state index in [0.717, 1.165) is 27.5 Å². The van der Waals surface area contributed by atoms with Crippen molar-refractivity contribution in [2.24, 2.45) is 0 Å². The average molecular weight is 556 g/mol. The molecule has 2 heterocycles. The molecule has 1 aliphatic rings. The summed E-state index contributed by atoms with van der Waals surface area (Å²) in [6, 6.07) is 26.4. The van der Waals surface area contributed by atoms with Gasteiger partial charge in [-0.05, 0) is 41.0 Å². The number of nitrogens with one attached hydrogen (secondary N) is 1. The topological polar surface area (TPSA) is 136 Å². The van der Waals surface area contributed by atoms with Crippen LogP contribution in [0.25, 0.3) is 0 Å². The summed E-state index contributed by atoms with van der Waals surface area (Å²) in [5.41, 5.74) is -0.469. The Morgan fingerprint density at radius 1 is 0.951 bits per heavy atom. The number of rotatable bonds is 9. The third-order valence-corrected chi connectivity index (χ3v) is 7.26. The van der Waals surface area contributed by atoms with Crippen molar-refractivity contribution in [3.63, 3.8) is 0 Å². The molecule has 5 rings (SSSR count). The second-order valence-electron chi connectivity index (χ2n) is 9.54. The summed E-state index contributed by atoms with van der Waals surface area (Å²) in [4.78, 5) is 27.6. The molecular weight excluding hydrogens is 526 g/mol. The lowest BCUT2D eigenvalue weighted by Gasteiger charge is -2.37. The molecule has 1 aromatic heterocycles. The Hall–Kier alpha value is -4.69. The first-order valence-electron chi connectivity index (χ1n) is 13.0. The summed E-state index contributed by atoms with van der Waals surface area (Å²) in [7, 11) is 3.19. The van der Waals surface area contributed by atoms with E-state index in [4.69, 9.17) is 18.9 Å². The van der Waals surface area contributed by atoms with Crippen LogP contribution in [0.15, 0.2) is 94.6 Å². The van der Waals surface area contributed by atoms with E-state index in [0.29, 0.717) is 11.5 Å². The highest BCUT2D eigenvalue weighted by Gasteiger charge is 2.42. The van der Waals surface area contributed by atoms with E-state index in [1.807, 2.05) is 78.9 Å². The Bertz CT molecular complexity index is 1590. The molecule has 10 heteroatoms. The molecule has 0 aliphatic carbocycles. The molecule has 1 fully saturated rings. The Morgan fingerprint density at radius 2 is 1.51 bits per heavy atom. The van der Waals surface area contributed by atoms with Crippen LogP contribution in [0.1, 0.15) is 34.9 Å². The van der Waals surface area contributed by atoms with Crippen molar-refractivity contribution >= 4 is 0 Å². The highest BCUT2D eigenvalue weighted by Crippen LogP contribution is 2.42. The molecule has 0 radical (unpaired) electrons. The van der Waals surface area contributed by atoms with Crippen molar-refractivity contribution < 1.29 is 24.1 Å². The molecule has 4 aromatic rings. The number of ether oxygens (including phenoxy) is 4. The van der Waals surface area contributed by atoms with Crippen LogP contribution in [0, 0.1) is 11.3 Å². The zero-order valence-electron chi connectivity index (χ0n) is 22.5. The Labute approximate surface area is 235 Å². The highest BCUT2D eigenvalue weighted by molar-refractivity contribution is 5.49. The quantitative estimate of drug-likeness (QED) is 0.301. The third-order valence-electron chi connectivity index (χ3n) is 7.26. The lowest BCUT2D eigenvalue weighted by molar-refractivity contribution is -0.0949. The van der Waals surface area contributed by atoms with Gasteiger partial charge < -0.3 is 29.0 Å². The van der Waals surface area contributed by atoms with Crippen molar-refractivity contribution in [3.05, 3.63) is 128 Å². The fourth-order valence-corrected chi connectivity index (χ4v) is 5.13. The number of aliphatic hydroxyl groups is 1. The van der Waals surface area contributed by atoms with Gasteiger partial charge in [0, 0.05) is 12.6 Å². The first-order chi connectivity index (χ1) is 19.9. The molecule has 1 saturated heterocycles. The van der Waals surface area contributed by atoms with Crippen molar-refractivity contribution in [2.45, 2.75) is 30.5 Å². The predicted octanol–water partition coefficient (Wildman–Crippen LogP) is 3.08. The third kappa shape index (κ3) is 5.26. The summed E-state index contributed by atoms with van der Waals surface area (Å²) in [6.07, 6.45) is -1.97. The summed E-state index contributed by atoms with van der Waals surface area (Å²) < 4.78 is 24.4. The molecule has 3 atom stereocenters. The van der Waals surface area contributed by atoms with E-state index in [-0.39, 0.29) is 18.6 Å². The molecule has 0 saturated carbocycles. The van der Waals surface area contributed by atoms with Gasteiger partial charge in [-0.2, -0.15) is 5.26 Å². The van der Waals surface area contributed by atoms with E-state index in [9.17, 15) is 20.0 Å². The van der Waals surface area contributed by atoms with Gasteiger partial charge >= 0.3 is 5.69 Å². The summed E-state index contributed by atoms with van der Waals surface area (Å²) in [6.45, 7) is -0.0881. The number of nitriles is 1. The monoisotopic (exact) mass is 555 g/mol. The van der Waals surface area contributed by atoms with Crippen LogP contribution in [0.3, 0.4) is 0 Å². The molecule has 2 N–H and O–H groups in total. The minimum absolute atomic E-state index is 0.0324. The molecule has 0 bridgehead atoms. The van der Waals surface area contributed by atoms with Crippen LogP contribution in [-0.4, -0.2) is 47.7 Å². The largest absolute Gasteiger partial charge is 0.497 e. The lowest BCUT2D eigenvalue weighted by atomic mass is 9.80. The molecule has 3 aromatic carbocycles. The van der Waals surface area contributed by atoms with Gasteiger partial charge in [-0.1, -0.05) is 54.6 Å². The smallest absolute Gasteiger partial charge is 0.330 e. The van der Waals surface area contributed by atoms with Gasteiger partial charge in [0.25, 0.3) is 5.56 Å². The number of aromatic nitrogens is 2. The minimum atomic E-state index is -1.14. The minimum Gasteiger partial charge on any atom is -0.497 e. The number of nitrogens with zero attached hydrogens (tertiary/aromatic N) is 2.